The van der Waals surface area contributed by atoms with Crippen LogP contribution in [0.15, 0.2) is 30.9 Å². The van der Waals surface area contributed by atoms with E-state index >= 15 is 0 Å². The summed E-state index contributed by atoms with van der Waals surface area (Å²) in [6.07, 6.45) is 2.91. The highest BCUT2D eigenvalue weighted by Crippen LogP contribution is 2.22. The van der Waals surface area contributed by atoms with Gasteiger partial charge in [0.15, 0.2) is 23.1 Å². The molecule has 2 heterocycles. The Morgan fingerprint density at radius 2 is 2.00 bits per heavy atom. The average Bonchev–Trinajstić information content (AvgIpc) is 2.91. The van der Waals surface area contributed by atoms with Crippen LogP contribution in [-0.4, -0.2) is 19.9 Å². The van der Waals surface area contributed by atoms with Crippen molar-refractivity contribution in [1.82, 2.24) is 19.9 Å². The van der Waals surface area contributed by atoms with Gasteiger partial charge in [-0.3, -0.25) is 0 Å². The van der Waals surface area contributed by atoms with Crippen molar-refractivity contribution >= 4 is 17.0 Å². The normalized spacial score (nSPS) is 12.6. The van der Waals surface area contributed by atoms with Crippen LogP contribution in [0.25, 0.3) is 11.2 Å². The van der Waals surface area contributed by atoms with Gasteiger partial charge < -0.3 is 10.3 Å². The van der Waals surface area contributed by atoms with E-state index < -0.39 is 11.6 Å². The van der Waals surface area contributed by atoms with Crippen molar-refractivity contribution in [3.63, 3.8) is 0 Å². The predicted octanol–water partition coefficient (Wildman–Crippen LogP) is 2.80. The first-order valence-electron chi connectivity index (χ1n) is 6.00. The highest BCUT2D eigenvalue weighted by Gasteiger charge is 2.12. The molecule has 0 aliphatic rings. The van der Waals surface area contributed by atoms with E-state index in [-0.39, 0.29) is 6.04 Å². The molecule has 0 aliphatic carbocycles. The summed E-state index contributed by atoms with van der Waals surface area (Å²) in [5, 5.41) is 3.12. The van der Waals surface area contributed by atoms with Gasteiger partial charge in [-0.15, -0.1) is 0 Å². The molecule has 1 aromatic carbocycles. The van der Waals surface area contributed by atoms with Crippen LogP contribution in [0.2, 0.25) is 0 Å². The largest absolute Gasteiger partial charge is 0.362 e. The average molecular weight is 275 g/mol. The summed E-state index contributed by atoms with van der Waals surface area (Å²) in [4.78, 5) is 15.1. The number of hydrogen-bond acceptors (Lipinski definition) is 4. The molecular formula is C13H11F2N5. The molecule has 0 radical (unpaired) electrons. The molecule has 102 valence electrons. The molecule has 1 unspecified atom stereocenters. The Bertz CT molecular complexity index is 755. The van der Waals surface area contributed by atoms with Crippen molar-refractivity contribution in [2.75, 3.05) is 5.32 Å². The van der Waals surface area contributed by atoms with Crippen LogP contribution < -0.4 is 5.32 Å². The molecule has 0 fully saturated rings. The second-order valence-electron chi connectivity index (χ2n) is 4.36. The third-order valence-electron chi connectivity index (χ3n) is 3.02. The van der Waals surface area contributed by atoms with E-state index in [9.17, 15) is 8.78 Å². The van der Waals surface area contributed by atoms with E-state index in [2.05, 4.69) is 25.3 Å². The fourth-order valence-electron chi connectivity index (χ4n) is 1.94. The van der Waals surface area contributed by atoms with Gasteiger partial charge in [0.2, 0.25) is 0 Å². The molecule has 2 N–H and O–H groups in total. The number of hydrogen-bond donors (Lipinski definition) is 2. The van der Waals surface area contributed by atoms with E-state index in [0.29, 0.717) is 22.5 Å². The number of fused-ring (bicyclic) bond motifs is 1. The zero-order valence-electron chi connectivity index (χ0n) is 10.6. The number of H-pyrrole nitrogens is 1. The minimum absolute atomic E-state index is 0.244. The molecule has 0 spiro atoms. The second-order valence-corrected chi connectivity index (χ2v) is 4.36. The highest BCUT2D eigenvalue weighted by atomic mass is 19.2. The SMILES string of the molecule is CC(Nc1ncnc2nc[nH]c12)c1ccc(F)c(F)c1. The van der Waals surface area contributed by atoms with Crippen LogP contribution in [0.1, 0.15) is 18.5 Å². The molecule has 0 saturated heterocycles. The quantitative estimate of drug-likeness (QED) is 0.771. The van der Waals surface area contributed by atoms with Gasteiger partial charge in [0, 0.05) is 0 Å². The van der Waals surface area contributed by atoms with Crippen molar-refractivity contribution in [2.24, 2.45) is 0 Å². The lowest BCUT2D eigenvalue weighted by Gasteiger charge is -2.15. The van der Waals surface area contributed by atoms with E-state index in [0.717, 1.165) is 6.07 Å². The van der Waals surface area contributed by atoms with Crippen LogP contribution in [-0.2, 0) is 0 Å². The van der Waals surface area contributed by atoms with Crippen LogP contribution in [0.5, 0.6) is 0 Å². The molecule has 0 aliphatic heterocycles. The van der Waals surface area contributed by atoms with Gasteiger partial charge in [-0.2, -0.15) is 0 Å². The Balaban J connectivity index is 1.90. The smallest absolute Gasteiger partial charge is 0.182 e. The van der Waals surface area contributed by atoms with Crippen molar-refractivity contribution in [1.29, 1.82) is 0 Å². The summed E-state index contributed by atoms with van der Waals surface area (Å²) in [6.45, 7) is 1.83. The molecule has 3 rings (SSSR count). The number of nitrogens with zero attached hydrogens (tertiary/aromatic N) is 3. The Kier molecular flexibility index (Phi) is 3.02. The fraction of sp³-hybridized carbons (Fsp3) is 0.154. The molecular weight excluding hydrogens is 264 g/mol. The lowest BCUT2D eigenvalue weighted by Crippen LogP contribution is -2.09. The Labute approximate surface area is 113 Å². The Hall–Kier alpha value is -2.57. The monoisotopic (exact) mass is 275 g/mol. The number of halogens is 2. The third kappa shape index (κ3) is 2.18. The molecule has 7 heteroatoms. The number of anilines is 1. The molecule has 3 aromatic rings. The maximum absolute atomic E-state index is 13.2. The van der Waals surface area contributed by atoms with Gasteiger partial charge in [-0.05, 0) is 24.6 Å². The summed E-state index contributed by atoms with van der Waals surface area (Å²) in [5.41, 5.74) is 1.83. The van der Waals surface area contributed by atoms with Gasteiger partial charge >= 0.3 is 0 Å². The minimum Gasteiger partial charge on any atom is -0.362 e. The molecule has 2 aromatic heterocycles. The van der Waals surface area contributed by atoms with Crippen molar-refractivity contribution in [3.05, 3.63) is 48.1 Å². The number of aromatic nitrogens is 4. The van der Waals surface area contributed by atoms with E-state index in [1.165, 1.54) is 24.8 Å². The van der Waals surface area contributed by atoms with Crippen molar-refractivity contribution in [3.8, 4) is 0 Å². The number of nitrogens with one attached hydrogen (secondary N) is 2. The Morgan fingerprint density at radius 3 is 2.80 bits per heavy atom. The maximum atomic E-state index is 13.2. The maximum Gasteiger partial charge on any atom is 0.182 e. The highest BCUT2D eigenvalue weighted by molar-refractivity contribution is 5.82. The van der Waals surface area contributed by atoms with Gasteiger partial charge in [0.05, 0.1) is 12.4 Å². The first-order valence-corrected chi connectivity index (χ1v) is 6.00. The number of benzene rings is 1. The van der Waals surface area contributed by atoms with Crippen LogP contribution in [0.4, 0.5) is 14.6 Å². The van der Waals surface area contributed by atoms with E-state index in [1.54, 1.807) is 0 Å². The van der Waals surface area contributed by atoms with Crippen molar-refractivity contribution < 1.29 is 8.78 Å². The predicted molar refractivity (Wildman–Crippen MR) is 70.1 cm³/mol. The van der Waals surface area contributed by atoms with Gasteiger partial charge in [0.25, 0.3) is 0 Å². The molecule has 0 bridgehead atoms. The molecule has 5 nitrogen and oxygen atoms in total. The number of aromatic amines is 1. The second kappa shape index (κ2) is 4.84. The summed E-state index contributed by atoms with van der Waals surface area (Å²) in [5.74, 6) is -1.17. The summed E-state index contributed by atoms with van der Waals surface area (Å²) >= 11 is 0. The molecule has 20 heavy (non-hydrogen) atoms. The fourth-order valence-corrected chi connectivity index (χ4v) is 1.94. The standard InChI is InChI=1S/C13H11F2N5/c1-7(8-2-3-9(14)10(15)4-8)20-13-11-12(17-5-16-11)18-6-19-13/h2-7H,1H3,(H2,16,17,18,19,20). The van der Waals surface area contributed by atoms with Crippen LogP contribution in [0, 0.1) is 11.6 Å². The first-order chi connectivity index (χ1) is 9.65. The molecule has 1 atom stereocenters. The zero-order chi connectivity index (χ0) is 14.1. The minimum atomic E-state index is -0.870. The van der Waals surface area contributed by atoms with Gasteiger partial charge in [-0.25, -0.2) is 23.7 Å². The lowest BCUT2D eigenvalue weighted by molar-refractivity contribution is 0.506. The first kappa shape index (κ1) is 12.5. The summed E-state index contributed by atoms with van der Waals surface area (Å²) in [7, 11) is 0. The summed E-state index contributed by atoms with van der Waals surface area (Å²) in [6, 6.07) is 3.56. The Morgan fingerprint density at radius 1 is 1.15 bits per heavy atom. The topological polar surface area (TPSA) is 66.5 Å². The number of imidazole rings is 1. The van der Waals surface area contributed by atoms with Gasteiger partial charge in [0.1, 0.15) is 11.8 Å². The lowest BCUT2D eigenvalue weighted by atomic mass is 10.1. The zero-order valence-corrected chi connectivity index (χ0v) is 10.6. The third-order valence-corrected chi connectivity index (χ3v) is 3.02. The van der Waals surface area contributed by atoms with Gasteiger partial charge in [-0.1, -0.05) is 6.07 Å². The molecule has 0 saturated carbocycles. The van der Waals surface area contributed by atoms with Crippen molar-refractivity contribution in [2.45, 2.75) is 13.0 Å². The van der Waals surface area contributed by atoms with E-state index in [4.69, 9.17) is 0 Å². The van der Waals surface area contributed by atoms with Crippen LogP contribution in [0.3, 0.4) is 0 Å². The van der Waals surface area contributed by atoms with Crippen LogP contribution >= 0.6 is 0 Å². The summed E-state index contributed by atoms with van der Waals surface area (Å²) < 4.78 is 26.2. The van der Waals surface area contributed by atoms with E-state index in [1.807, 2.05) is 6.92 Å². The number of rotatable bonds is 3. The molecule has 0 amide bonds.